The fourth-order valence-corrected chi connectivity index (χ4v) is 3.47. The van der Waals surface area contributed by atoms with Crippen LogP contribution in [0.3, 0.4) is 0 Å². The van der Waals surface area contributed by atoms with E-state index in [-0.39, 0.29) is 35.5 Å². The standard InChI is InChI=1S/C15H24N2O2/c1-16(2)14(18)12-10-6-5-7-11(9-8-10)13(12)15(19)17(3)4/h8-13H,5-7H2,1-4H3. The van der Waals surface area contributed by atoms with Crippen molar-refractivity contribution in [3.05, 3.63) is 12.2 Å². The van der Waals surface area contributed by atoms with Gasteiger partial charge in [0.15, 0.2) is 0 Å². The second kappa shape index (κ2) is 5.35. The lowest BCUT2D eigenvalue weighted by atomic mass is 9.70. The Kier molecular flexibility index (Phi) is 3.97. The van der Waals surface area contributed by atoms with Crippen LogP contribution in [0.15, 0.2) is 12.2 Å². The maximum Gasteiger partial charge on any atom is 0.226 e. The third-order valence-electron chi connectivity index (χ3n) is 4.44. The molecule has 3 aliphatic rings. The normalized spacial score (nSPS) is 32.8. The molecule has 0 aromatic heterocycles. The number of fused-ring (bicyclic) bond motifs is 3. The van der Waals surface area contributed by atoms with Gasteiger partial charge in [0.1, 0.15) is 0 Å². The van der Waals surface area contributed by atoms with Crippen molar-refractivity contribution >= 4 is 11.8 Å². The highest BCUT2D eigenvalue weighted by Crippen LogP contribution is 2.44. The molecule has 19 heavy (non-hydrogen) atoms. The fourth-order valence-electron chi connectivity index (χ4n) is 3.47. The predicted octanol–water partition coefficient (Wildman–Crippen LogP) is 1.38. The molecular formula is C15H24N2O2. The summed E-state index contributed by atoms with van der Waals surface area (Å²) in [6.45, 7) is 0. The fraction of sp³-hybridized carbons (Fsp3) is 0.733. The number of hydrogen-bond donors (Lipinski definition) is 0. The van der Waals surface area contributed by atoms with Gasteiger partial charge in [0.2, 0.25) is 11.8 Å². The predicted molar refractivity (Wildman–Crippen MR) is 74.3 cm³/mol. The Morgan fingerprint density at radius 3 is 1.53 bits per heavy atom. The van der Waals surface area contributed by atoms with Gasteiger partial charge in [-0.05, 0) is 24.7 Å². The van der Waals surface area contributed by atoms with Crippen LogP contribution < -0.4 is 0 Å². The summed E-state index contributed by atoms with van der Waals surface area (Å²) in [5, 5.41) is 0. The molecular weight excluding hydrogens is 240 g/mol. The lowest BCUT2D eigenvalue weighted by Crippen LogP contribution is -2.47. The second-order valence-electron chi connectivity index (χ2n) is 6.16. The van der Waals surface area contributed by atoms with E-state index in [0.717, 1.165) is 19.3 Å². The molecule has 0 aromatic rings. The van der Waals surface area contributed by atoms with Gasteiger partial charge in [-0.3, -0.25) is 9.59 Å². The molecule has 0 aliphatic heterocycles. The number of carbonyl (C=O) groups is 2. The third-order valence-corrected chi connectivity index (χ3v) is 4.44. The molecule has 1 fully saturated rings. The highest BCUT2D eigenvalue weighted by atomic mass is 16.2. The minimum absolute atomic E-state index is 0.0986. The van der Waals surface area contributed by atoms with Crippen molar-refractivity contribution in [2.75, 3.05) is 28.2 Å². The Hall–Kier alpha value is -1.32. The van der Waals surface area contributed by atoms with Gasteiger partial charge in [0.25, 0.3) is 0 Å². The smallest absolute Gasteiger partial charge is 0.226 e. The number of allylic oxidation sites excluding steroid dienone is 2. The Balaban J connectivity index is 2.37. The Morgan fingerprint density at radius 1 is 0.842 bits per heavy atom. The van der Waals surface area contributed by atoms with Crippen LogP contribution in [0.1, 0.15) is 19.3 Å². The zero-order valence-corrected chi connectivity index (χ0v) is 12.3. The topological polar surface area (TPSA) is 40.6 Å². The number of nitrogens with zero attached hydrogens (tertiary/aromatic N) is 2. The highest BCUT2D eigenvalue weighted by molar-refractivity contribution is 5.88. The first kappa shape index (κ1) is 14.1. The lowest BCUT2D eigenvalue weighted by Gasteiger charge is -2.37. The number of carbonyl (C=O) groups excluding carboxylic acids is 2. The average molecular weight is 264 g/mol. The van der Waals surface area contributed by atoms with E-state index in [9.17, 15) is 9.59 Å². The van der Waals surface area contributed by atoms with Crippen molar-refractivity contribution in [1.29, 1.82) is 0 Å². The number of amides is 2. The van der Waals surface area contributed by atoms with Gasteiger partial charge < -0.3 is 9.80 Å². The van der Waals surface area contributed by atoms with Crippen molar-refractivity contribution in [2.45, 2.75) is 19.3 Å². The SMILES string of the molecule is CN(C)C(=O)C1C2C=CC(CCC2)C1C(=O)N(C)C. The molecule has 4 heteroatoms. The molecule has 2 bridgehead atoms. The Morgan fingerprint density at radius 2 is 1.21 bits per heavy atom. The summed E-state index contributed by atoms with van der Waals surface area (Å²) < 4.78 is 0. The average Bonchev–Trinajstić information content (AvgIpc) is 2.69. The van der Waals surface area contributed by atoms with E-state index in [2.05, 4.69) is 12.2 Å². The van der Waals surface area contributed by atoms with Crippen molar-refractivity contribution in [3.8, 4) is 0 Å². The lowest BCUT2D eigenvalue weighted by molar-refractivity contribution is -0.147. The van der Waals surface area contributed by atoms with Crippen LogP contribution in [0, 0.1) is 23.7 Å². The number of hydrogen-bond acceptors (Lipinski definition) is 2. The van der Waals surface area contributed by atoms with Crippen LogP contribution in [0.4, 0.5) is 0 Å². The van der Waals surface area contributed by atoms with E-state index in [1.807, 2.05) is 0 Å². The largest absolute Gasteiger partial charge is 0.349 e. The summed E-state index contributed by atoms with van der Waals surface area (Å²) in [4.78, 5) is 28.3. The van der Waals surface area contributed by atoms with Crippen molar-refractivity contribution in [1.82, 2.24) is 9.80 Å². The van der Waals surface area contributed by atoms with Crippen LogP contribution in [-0.4, -0.2) is 49.8 Å². The van der Waals surface area contributed by atoms with E-state index in [1.54, 1.807) is 38.0 Å². The molecule has 4 nitrogen and oxygen atoms in total. The van der Waals surface area contributed by atoms with Gasteiger partial charge in [0, 0.05) is 28.2 Å². The molecule has 0 heterocycles. The van der Waals surface area contributed by atoms with Crippen molar-refractivity contribution in [2.24, 2.45) is 23.7 Å². The first-order chi connectivity index (χ1) is 8.93. The quantitative estimate of drug-likeness (QED) is 0.707. The van der Waals surface area contributed by atoms with Gasteiger partial charge in [-0.1, -0.05) is 18.6 Å². The van der Waals surface area contributed by atoms with Gasteiger partial charge in [-0.25, -0.2) is 0 Å². The maximum absolute atomic E-state index is 12.5. The van der Waals surface area contributed by atoms with Gasteiger partial charge in [-0.2, -0.15) is 0 Å². The van der Waals surface area contributed by atoms with Crippen molar-refractivity contribution in [3.63, 3.8) is 0 Å². The maximum atomic E-state index is 12.5. The van der Waals surface area contributed by atoms with E-state index in [4.69, 9.17) is 0 Å². The molecule has 0 spiro atoms. The molecule has 0 saturated heterocycles. The van der Waals surface area contributed by atoms with E-state index in [1.165, 1.54) is 0 Å². The monoisotopic (exact) mass is 264 g/mol. The molecule has 106 valence electrons. The molecule has 0 aromatic carbocycles. The minimum Gasteiger partial charge on any atom is -0.349 e. The van der Waals surface area contributed by atoms with Crippen molar-refractivity contribution < 1.29 is 9.59 Å². The van der Waals surface area contributed by atoms with Crippen LogP contribution in [0.5, 0.6) is 0 Å². The Labute approximate surface area is 115 Å². The minimum atomic E-state index is -0.178. The first-order valence-electron chi connectivity index (χ1n) is 7.04. The summed E-state index contributed by atoms with van der Waals surface area (Å²) in [7, 11) is 7.12. The van der Waals surface area contributed by atoms with Gasteiger partial charge >= 0.3 is 0 Å². The molecule has 2 amide bonds. The summed E-state index contributed by atoms with van der Waals surface area (Å²) in [6, 6.07) is 0. The van der Waals surface area contributed by atoms with Crippen LogP contribution >= 0.6 is 0 Å². The summed E-state index contributed by atoms with van der Waals surface area (Å²) in [5.41, 5.74) is 0. The molecule has 3 aliphatic carbocycles. The first-order valence-corrected chi connectivity index (χ1v) is 7.04. The second-order valence-corrected chi connectivity index (χ2v) is 6.16. The van der Waals surface area contributed by atoms with Gasteiger partial charge in [-0.15, -0.1) is 0 Å². The summed E-state index contributed by atoms with van der Waals surface area (Å²) in [6.07, 6.45) is 7.49. The summed E-state index contributed by atoms with van der Waals surface area (Å²) in [5.74, 6) is 0.290. The van der Waals surface area contributed by atoms with E-state index >= 15 is 0 Å². The molecule has 3 rings (SSSR count). The van der Waals surface area contributed by atoms with Crippen LogP contribution in [-0.2, 0) is 9.59 Å². The molecule has 4 atom stereocenters. The zero-order chi connectivity index (χ0) is 14.2. The van der Waals surface area contributed by atoms with E-state index < -0.39 is 0 Å². The molecule has 0 radical (unpaired) electrons. The third kappa shape index (κ3) is 2.53. The van der Waals surface area contributed by atoms with E-state index in [0.29, 0.717) is 0 Å². The molecule has 4 unspecified atom stereocenters. The Bertz CT molecular complexity index is 365. The van der Waals surface area contributed by atoms with Gasteiger partial charge in [0.05, 0.1) is 11.8 Å². The number of rotatable bonds is 2. The molecule has 0 N–H and O–H groups in total. The summed E-state index contributed by atoms with van der Waals surface area (Å²) >= 11 is 0. The van der Waals surface area contributed by atoms with Crippen LogP contribution in [0.25, 0.3) is 0 Å². The van der Waals surface area contributed by atoms with Crippen LogP contribution in [0.2, 0.25) is 0 Å². The molecule has 1 saturated carbocycles. The zero-order valence-electron chi connectivity index (χ0n) is 12.3. The highest BCUT2D eigenvalue weighted by Gasteiger charge is 2.47.